The Balaban J connectivity index is 2.42. The van der Waals surface area contributed by atoms with E-state index in [1.807, 2.05) is 35.5 Å². The van der Waals surface area contributed by atoms with Crippen LogP contribution < -0.4 is 5.56 Å². The molecule has 0 saturated heterocycles. The Kier molecular flexibility index (Phi) is 3.58. The van der Waals surface area contributed by atoms with Crippen LogP contribution in [-0.2, 0) is 12.6 Å². The molecule has 0 radical (unpaired) electrons. The van der Waals surface area contributed by atoms with Crippen molar-refractivity contribution in [2.45, 2.75) is 32.4 Å². The van der Waals surface area contributed by atoms with Crippen LogP contribution in [0.15, 0.2) is 16.2 Å². The van der Waals surface area contributed by atoms with Gasteiger partial charge in [0.1, 0.15) is 5.69 Å². The molecule has 2 aromatic rings. The zero-order valence-corrected chi connectivity index (χ0v) is 11.2. The van der Waals surface area contributed by atoms with E-state index in [1.165, 1.54) is 11.3 Å². The average molecular weight is 290 g/mol. The molecule has 0 amide bonds. The summed E-state index contributed by atoms with van der Waals surface area (Å²) in [5.74, 6) is 0.216. The van der Waals surface area contributed by atoms with Crippen molar-refractivity contribution < 1.29 is 13.2 Å². The number of aromatic amines is 2. The van der Waals surface area contributed by atoms with E-state index in [1.54, 1.807) is 0 Å². The fraction of sp³-hybridized carbons (Fsp3) is 0.417. The van der Waals surface area contributed by atoms with Gasteiger partial charge in [-0.3, -0.25) is 15.0 Å². The van der Waals surface area contributed by atoms with Crippen LogP contribution in [0.4, 0.5) is 13.2 Å². The molecule has 0 saturated carbocycles. The molecule has 7 heteroatoms. The Bertz CT molecular complexity index is 621. The molecular formula is C12H13F3N2OS. The van der Waals surface area contributed by atoms with Crippen molar-refractivity contribution in [1.29, 1.82) is 0 Å². The first-order valence-corrected chi connectivity index (χ1v) is 6.61. The minimum Gasteiger partial charge on any atom is -0.293 e. The second-order valence-corrected chi connectivity index (χ2v) is 5.56. The smallest absolute Gasteiger partial charge is 0.293 e. The van der Waals surface area contributed by atoms with Crippen molar-refractivity contribution in [2.75, 3.05) is 0 Å². The van der Waals surface area contributed by atoms with Crippen molar-refractivity contribution in [1.82, 2.24) is 10.2 Å². The number of halogens is 3. The second-order valence-electron chi connectivity index (χ2n) is 4.56. The Morgan fingerprint density at radius 3 is 2.58 bits per heavy atom. The van der Waals surface area contributed by atoms with E-state index in [0.717, 1.165) is 10.4 Å². The molecule has 0 aliphatic carbocycles. The quantitative estimate of drug-likeness (QED) is 0.893. The summed E-state index contributed by atoms with van der Waals surface area (Å²) < 4.78 is 38.3. The summed E-state index contributed by atoms with van der Waals surface area (Å²) in [6, 6.07) is 1.89. The van der Waals surface area contributed by atoms with E-state index in [9.17, 15) is 18.0 Å². The highest BCUT2D eigenvalue weighted by atomic mass is 32.1. The fourth-order valence-corrected chi connectivity index (χ4v) is 3.01. The molecule has 0 aromatic carbocycles. The van der Waals surface area contributed by atoms with Crippen LogP contribution in [-0.4, -0.2) is 10.2 Å². The van der Waals surface area contributed by atoms with Gasteiger partial charge in [-0.2, -0.15) is 13.2 Å². The lowest BCUT2D eigenvalue weighted by Crippen LogP contribution is -2.13. The maximum absolute atomic E-state index is 12.8. The number of rotatable bonds is 3. The van der Waals surface area contributed by atoms with Gasteiger partial charge in [0.2, 0.25) is 0 Å². The summed E-state index contributed by atoms with van der Waals surface area (Å²) in [7, 11) is 0. The predicted octanol–water partition coefficient (Wildman–Crippen LogP) is 3.50. The molecule has 3 nitrogen and oxygen atoms in total. The molecule has 104 valence electrons. The first kappa shape index (κ1) is 13.9. The predicted molar refractivity (Wildman–Crippen MR) is 67.6 cm³/mol. The van der Waals surface area contributed by atoms with E-state index in [-0.39, 0.29) is 17.9 Å². The maximum Gasteiger partial charge on any atom is 0.433 e. The maximum atomic E-state index is 12.8. The molecule has 0 fully saturated rings. The van der Waals surface area contributed by atoms with Gasteiger partial charge >= 0.3 is 6.18 Å². The minimum atomic E-state index is -4.55. The number of nitrogens with one attached hydrogen (secondary N) is 2. The number of hydrogen-bond acceptors (Lipinski definition) is 2. The van der Waals surface area contributed by atoms with Crippen molar-refractivity contribution in [3.63, 3.8) is 0 Å². The van der Waals surface area contributed by atoms with Crippen molar-refractivity contribution in [3.8, 4) is 0 Å². The van der Waals surface area contributed by atoms with E-state index in [0.29, 0.717) is 0 Å². The van der Waals surface area contributed by atoms with Gasteiger partial charge in [0.25, 0.3) is 5.56 Å². The minimum absolute atomic E-state index is 0.00113. The Morgan fingerprint density at radius 1 is 1.32 bits per heavy atom. The molecule has 2 N–H and O–H groups in total. The first-order valence-electron chi connectivity index (χ1n) is 5.73. The van der Waals surface area contributed by atoms with E-state index < -0.39 is 17.4 Å². The average Bonchev–Trinajstić information content (AvgIpc) is 2.86. The summed E-state index contributed by atoms with van der Waals surface area (Å²) in [6.07, 6.45) is -4.55. The summed E-state index contributed by atoms with van der Waals surface area (Å²) in [6.45, 7) is 3.94. The molecule has 0 aliphatic heterocycles. The number of thiophene rings is 1. The van der Waals surface area contributed by atoms with Crippen molar-refractivity contribution >= 4 is 11.3 Å². The van der Waals surface area contributed by atoms with Gasteiger partial charge in [0.05, 0.1) is 5.56 Å². The van der Waals surface area contributed by atoms with E-state index in [2.05, 4.69) is 0 Å². The van der Waals surface area contributed by atoms with E-state index in [4.69, 9.17) is 0 Å². The number of aromatic nitrogens is 2. The third-order valence-electron chi connectivity index (χ3n) is 2.90. The third-order valence-corrected chi connectivity index (χ3v) is 3.84. The van der Waals surface area contributed by atoms with Crippen LogP contribution in [0.25, 0.3) is 0 Å². The number of H-pyrrole nitrogens is 2. The van der Waals surface area contributed by atoms with Gasteiger partial charge in [0.15, 0.2) is 0 Å². The lowest BCUT2D eigenvalue weighted by Gasteiger charge is -2.08. The van der Waals surface area contributed by atoms with Crippen LogP contribution in [0.1, 0.15) is 41.5 Å². The SMILES string of the molecule is CC(C)c1ccsc1Cc1c(C(F)(F)F)[nH][nH]c1=O. The monoisotopic (exact) mass is 290 g/mol. The van der Waals surface area contributed by atoms with Gasteiger partial charge in [-0.1, -0.05) is 13.8 Å². The van der Waals surface area contributed by atoms with Gasteiger partial charge in [-0.05, 0) is 22.9 Å². The summed E-state index contributed by atoms with van der Waals surface area (Å²) >= 11 is 1.37. The molecule has 0 unspecified atom stereocenters. The zero-order chi connectivity index (χ0) is 14.2. The number of hydrogen-bond donors (Lipinski definition) is 2. The highest BCUT2D eigenvalue weighted by Gasteiger charge is 2.36. The zero-order valence-electron chi connectivity index (χ0n) is 10.4. The van der Waals surface area contributed by atoms with Crippen LogP contribution in [0.2, 0.25) is 0 Å². The van der Waals surface area contributed by atoms with E-state index >= 15 is 0 Å². The van der Waals surface area contributed by atoms with Crippen LogP contribution in [0.3, 0.4) is 0 Å². The van der Waals surface area contributed by atoms with Gasteiger partial charge in [-0.25, -0.2) is 0 Å². The highest BCUT2D eigenvalue weighted by Crippen LogP contribution is 2.32. The van der Waals surface area contributed by atoms with Crippen LogP contribution in [0, 0.1) is 0 Å². The third kappa shape index (κ3) is 2.75. The molecule has 0 spiro atoms. The van der Waals surface area contributed by atoms with Gasteiger partial charge in [-0.15, -0.1) is 11.3 Å². The normalized spacial score (nSPS) is 12.3. The highest BCUT2D eigenvalue weighted by molar-refractivity contribution is 7.10. The Hall–Kier alpha value is -1.50. The molecule has 0 atom stereocenters. The Labute approximate surface area is 111 Å². The largest absolute Gasteiger partial charge is 0.433 e. The molecule has 2 aromatic heterocycles. The molecular weight excluding hydrogens is 277 g/mol. The molecule has 0 aliphatic rings. The molecule has 2 rings (SSSR count). The second kappa shape index (κ2) is 4.88. The van der Waals surface area contributed by atoms with Gasteiger partial charge in [0, 0.05) is 11.3 Å². The summed E-state index contributed by atoms with van der Waals surface area (Å²) in [4.78, 5) is 12.3. The molecule has 19 heavy (non-hydrogen) atoms. The first-order chi connectivity index (χ1) is 8.80. The lowest BCUT2D eigenvalue weighted by molar-refractivity contribution is -0.141. The van der Waals surface area contributed by atoms with Crippen LogP contribution in [0.5, 0.6) is 0 Å². The van der Waals surface area contributed by atoms with Crippen molar-refractivity contribution in [3.05, 3.63) is 43.5 Å². The van der Waals surface area contributed by atoms with Gasteiger partial charge < -0.3 is 0 Å². The molecule has 0 bridgehead atoms. The number of alkyl halides is 3. The summed E-state index contributed by atoms with van der Waals surface area (Å²) in [5.41, 5.74) is -0.966. The molecule has 2 heterocycles. The Morgan fingerprint density at radius 2 is 2.00 bits per heavy atom. The topological polar surface area (TPSA) is 48.6 Å². The standard InChI is InChI=1S/C12H13F3N2OS/c1-6(2)7-3-4-19-9(7)5-8-10(12(13,14)15)16-17-11(8)18/h3-4,6H,5H2,1-2H3,(H2,16,17,18). The fourth-order valence-electron chi connectivity index (χ4n) is 1.96. The lowest BCUT2D eigenvalue weighted by atomic mass is 10.0. The van der Waals surface area contributed by atoms with Crippen LogP contribution >= 0.6 is 11.3 Å². The van der Waals surface area contributed by atoms with Crippen molar-refractivity contribution in [2.24, 2.45) is 0 Å². The summed E-state index contributed by atoms with van der Waals surface area (Å²) in [5, 5.41) is 5.76.